The number of carbonyl (C=O) groups is 3. The summed E-state index contributed by atoms with van der Waals surface area (Å²) < 4.78 is 10.2. The molecule has 0 saturated carbocycles. The first kappa shape index (κ1) is 24.1. The average Bonchev–Trinajstić information content (AvgIpc) is 2.82. The van der Waals surface area contributed by atoms with Crippen molar-refractivity contribution in [2.24, 2.45) is 0 Å². The van der Waals surface area contributed by atoms with Gasteiger partial charge in [0.25, 0.3) is 0 Å². The molecular weight excluding hydrogens is 440 g/mol. The second-order valence-corrected chi connectivity index (χ2v) is 8.32. The lowest BCUT2D eigenvalue weighted by atomic mass is 10.1. The minimum absolute atomic E-state index is 0.00238. The largest absolute Gasteiger partial charge is 0.478 e. The third-order valence-electron chi connectivity index (χ3n) is 4.89. The van der Waals surface area contributed by atoms with Crippen molar-refractivity contribution >= 4 is 29.7 Å². The van der Waals surface area contributed by atoms with E-state index in [-0.39, 0.29) is 18.4 Å². The Labute approximate surface area is 196 Å². The first-order valence-electron chi connectivity index (χ1n) is 10.3. The normalized spacial score (nSPS) is 11.4. The van der Waals surface area contributed by atoms with E-state index in [1.807, 2.05) is 54.6 Å². The third kappa shape index (κ3) is 7.22. The van der Waals surface area contributed by atoms with Gasteiger partial charge in [-0.15, -0.1) is 11.8 Å². The number of esters is 2. The van der Waals surface area contributed by atoms with E-state index in [4.69, 9.17) is 9.47 Å². The van der Waals surface area contributed by atoms with Gasteiger partial charge >= 0.3 is 17.9 Å². The molecule has 0 bridgehead atoms. The van der Waals surface area contributed by atoms with Crippen molar-refractivity contribution in [3.8, 4) is 0 Å². The Morgan fingerprint density at radius 1 is 0.909 bits per heavy atom. The Bertz CT molecular complexity index is 1110. The lowest BCUT2D eigenvalue weighted by Crippen LogP contribution is -2.31. The molecule has 1 unspecified atom stereocenters. The lowest BCUT2D eigenvalue weighted by molar-refractivity contribution is -0.165. The van der Waals surface area contributed by atoms with Crippen molar-refractivity contribution in [1.82, 2.24) is 0 Å². The third-order valence-corrected chi connectivity index (χ3v) is 5.93. The summed E-state index contributed by atoms with van der Waals surface area (Å²) in [5, 5.41) is 9.33. The molecule has 0 aromatic heterocycles. The predicted octanol–water partition coefficient (Wildman–Crippen LogP) is 4.55. The SMILES string of the molecule is COC(=O)C(Cc1ccccc1)OC(=O)Cc1cccc(SCc2ccccc2C(=O)O)c1. The lowest BCUT2D eigenvalue weighted by Gasteiger charge is -2.16. The highest BCUT2D eigenvalue weighted by molar-refractivity contribution is 7.98. The van der Waals surface area contributed by atoms with Crippen LogP contribution >= 0.6 is 11.8 Å². The summed E-state index contributed by atoms with van der Waals surface area (Å²) in [4.78, 5) is 36.9. The minimum atomic E-state index is -1.02. The molecule has 0 fully saturated rings. The van der Waals surface area contributed by atoms with Gasteiger partial charge in [0, 0.05) is 17.1 Å². The molecule has 3 rings (SSSR count). The van der Waals surface area contributed by atoms with E-state index in [2.05, 4.69) is 0 Å². The molecule has 3 aromatic rings. The molecule has 0 aliphatic heterocycles. The molecule has 33 heavy (non-hydrogen) atoms. The maximum Gasteiger partial charge on any atom is 0.347 e. The topological polar surface area (TPSA) is 89.9 Å². The van der Waals surface area contributed by atoms with Crippen LogP contribution in [-0.2, 0) is 37.7 Å². The quantitative estimate of drug-likeness (QED) is 0.348. The molecule has 1 atom stereocenters. The summed E-state index contributed by atoms with van der Waals surface area (Å²) >= 11 is 1.48. The Balaban J connectivity index is 1.62. The molecule has 3 aromatic carbocycles. The van der Waals surface area contributed by atoms with E-state index in [9.17, 15) is 19.5 Å². The number of rotatable bonds is 10. The zero-order valence-corrected chi connectivity index (χ0v) is 18.9. The molecule has 7 heteroatoms. The Morgan fingerprint density at radius 3 is 2.33 bits per heavy atom. The molecule has 170 valence electrons. The smallest absolute Gasteiger partial charge is 0.347 e. The van der Waals surface area contributed by atoms with E-state index in [0.29, 0.717) is 5.75 Å². The number of hydrogen-bond donors (Lipinski definition) is 1. The van der Waals surface area contributed by atoms with Crippen LogP contribution < -0.4 is 0 Å². The summed E-state index contributed by atoms with van der Waals surface area (Å²) in [6.45, 7) is 0. The van der Waals surface area contributed by atoms with Crippen LogP contribution in [0.5, 0.6) is 0 Å². The Kier molecular flexibility index (Phi) is 8.66. The maximum atomic E-state index is 12.5. The van der Waals surface area contributed by atoms with Gasteiger partial charge in [0.1, 0.15) is 0 Å². The van der Waals surface area contributed by atoms with Gasteiger partial charge in [0.15, 0.2) is 0 Å². The Morgan fingerprint density at radius 2 is 1.61 bits per heavy atom. The van der Waals surface area contributed by atoms with E-state index in [1.54, 1.807) is 24.3 Å². The van der Waals surface area contributed by atoms with Gasteiger partial charge in [0.05, 0.1) is 19.1 Å². The molecule has 0 saturated heterocycles. The first-order chi connectivity index (χ1) is 16.0. The highest BCUT2D eigenvalue weighted by atomic mass is 32.2. The fourth-order valence-electron chi connectivity index (χ4n) is 3.26. The number of benzene rings is 3. The molecule has 0 aliphatic rings. The van der Waals surface area contributed by atoms with Crippen molar-refractivity contribution in [2.75, 3.05) is 7.11 Å². The van der Waals surface area contributed by atoms with Crippen molar-refractivity contribution in [3.05, 3.63) is 101 Å². The number of aromatic carboxylic acids is 1. The zero-order valence-electron chi connectivity index (χ0n) is 18.1. The van der Waals surface area contributed by atoms with Crippen LogP contribution in [0.25, 0.3) is 0 Å². The first-order valence-corrected chi connectivity index (χ1v) is 11.3. The molecule has 0 spiro atoms. The highest BCUT2D eigenvalue weighted by Crippen LogP contribution is 2.25. The fourth-order valence-corrected chi connectivity index (χ4v) is 4.24. The van der Waals surface area contributed by atoms with Gasteiger partial charge in [-0.1, -0.05) is 60.7 Å². The summed E-state index contributed by atoms with van der Waals surface area (Å²) in [5.74, 6) is -1.61. The monoisotopic (exact) mass is 464 g/mol. The number of carboxylic acid groups (broad SMARTS) is 1. The molecule has 6 nitrogen and oxygen atoms in total. The van der Waals surface area contributed by atoms with E-state index in [0.717, 1.165) is 21.6 Å². The van der Waals surface area contributed by atoms with E-state index in [1.165, 1.54) is 18.9 Å². The zero-order chi connectivity index (χ0) is 23.6. The van der Waals surface area contributed by atoms with Crippen LogP contribution in [0.1, 0.15) is 27.0 Å². The highest BCUT2D eigenvalue weighted by Gasteiger charge is 2.24. The van der Waals surface area contributed by atoms with Crippen LogP contribution in [0.15, 0.2) is 83.8 Å². The van der Waals surface area contributed by atoms with Gasteiger partial charge in [-0.2, -0.15) is 0 Å². The van der Waals surface area contributed by atoms with Crippen molar-refractivity contribution in [1.29, 1.82) is 0 Å². The second-order valence-electron chi connectivity index (χ2n) is 7.27. The van der Waals surface area contributed by atoms with Gasteiger partial charge in [-0.05, 0) is 34.9 Å². The molecular formula is C26H24O6S. The fraction of sp³-hybridized carbons (Fsp3) is 0.192. The number of methoxy groups -OCH3 is 1. The molecule has 0 heterocycles. The standard InChI is InChI=1S/C26H24O6S/c1-31-26(30)23(15-18-8-3-2-4-9-18)32-24(27)16-19-10-7-12-21(14-19)33-17-20-11-5-6-13-22(20)25(28)29/h2-14,23H,15-17H2,1H3,(H,28,29). The van der Waals surface area contributed by atoms with Crippen LogP contribution in [0.2, 0.25) is 0 Å². The number of carbonyl (C=O) groups excluding carboxylic acids is 2. The molecule has 0 aliphatic carbocycles. The summed E-state index contributed by atoms with van der Waals surface area (Å²) in [5.41, 5.74) is 2.60. The van der Waals surface area contributed by atoms with Crippen molar-refractivity contribution in [2.45, 2.75) is 29.6 Å². The van der Waals surface area contributed by atoms with Crippen LogP contribution in [0.3, 0.4) is 0 Å². The van der Waals surface area contributed by atoms with E-state index < -0.39 is 24.0 Å². The van der Waals surface area contributed by atoms with Crippen LogP contribution in [-0.4, -0.2) is 36.2 Å². The van der Waals surface area contributed by atoms with Gasteiger partial charge in [-0.3, -0.25) is 4.79 Å². The summed E-state index contributed by atoms with van der Waals surface area (Å²) in [6.07, 6.45) is -0.782. The number of thioether (sulfide) groups is 1. The molecule has 0 radical (unpaired) electrons. The molecule has 0 amide bonds. The Hall–Kier alpha value is -3.58. The van der Waals surface area contributed by atoms with Crippen LogP contribution in [0, 0.1) is 0 Å². The predicted molar refractivity (Wildman–Crippen MR) is 125 cm³/mol. The number of hydrogen-bond acceptors (Lipinski definition) is 6. The number of ether oxygens (including phenoxy) is 2. The molecule has 1 N–H and O–H groups in total. The maximum absolute atomic E-state index is 12.5. The average molecular weight is 465 g/mol. The van der Waals surface area contributed by atoms with Gasteiger partial charge < -0.3 is 14.6 Å². The van der Waals surface area contributed by atoms with Crippen molar-refractivity contribution in [3.63, 3.8) is 0 Å². The van der Waals surface area contributed by atoms with E-state index >= 15 is 0 Å². The van der Waals surface area contributed by atoms with Crippen LogP contribution in [0.4, 0.5) is 0 Å². The minimum Gasteiger partial charge on any atom is -0.478 e. The number of carboxylic acids is 1. The van der Waals surface area contributed by atoms with Gasteiger partial charge in [-0.25, -0.2) is 9.59 Å². The summed E-state index contributed by atoms with van der Waals surface area (Å²) in [7, 11) is 1.26. The van der Waals surface area contributed by atoms with Crippen molar-refractivity contribution < 1.29 is 29.0 Å². The summed E-state index contributed by atoms with van der Waals surface area (Å²) in [6, 6.07) is 23.5. The second kappa shape index (κ2) is 11.9. The van der Waals surface area contributed by atoms with Gasteiger partial charge in [0.2, 0.25) is 6.10 Å².